The van der Waals surface area contributed by atoms with E-state index in [4.69, 9.17) is 0 Å². The van der Waals surface area contributed by atoms with E-state index < -0.39 is 6.04 Å². The van der Waals surface area contributed by atoms with Crippen LogP contribution in [0.15, 0.2) is 24.4 Å². The van der Waals surface area contributed by atoms with Gasteiger partial charge >= 0.3 is 6.03 Å². The lowest BCUT2D eigenvalue weighted by molar-refractivity contribution is -0.133. The van der Waals surface area contributed by atoms with E-state index >= 15 is 0 Å². The predicted octanol–water partition coefficient (Wildman–Crippen LogP) is 2.72. The third kappa shape index (κ3) is 4.30. The quantitative estimate of drug-likeness (QED) is 0.893. The van der Waals surface area contributed by atoms with Crippen LogP contribution >= 0.6 is 0 Å². The van der Waals surface area contributed by atoms with Gasteiger partial charge in [-0.2, -0.15) is 0 Å². The first-order valence-electron chi connectivity index (χ1n) is 9.36. The Morgan fingerprint density at radius 3 is 2.52 bits per heavy atom. The summed E-state index contributed by atoms with van der Waals surface area (Å²) < 4.78 is 0. The van der Waals surface area contributed by atoms with Gasteiger partial charge in [0.15, 0.2) is 0 Å². The summed E-state index contributed by atoms with van der Waals surface area (Å²) in [6, 6.07) is 5.22. The number of nitrogens with one attached hydrogen (secondary N) is 1. The molecular formula is C19H28N4O2. The number of carbonyl (C=O) groups excluding carboxylic acids is 2. The maximum absolute atomic E-state index is 12.9. The molecule has 2 heterocycles. The Morgan fingerprint density at radius 1 is 1.20 bits per heavy atom. The average molecular weight is 344 g/mol. The second-order valence-electron chi connectivity index (χ2n) is 7.13. The molecule has 0 unspecified atom stereocenters. The summed E-state index contributed by atoms with van der Waals surface area (Å²) >= 11 is 0. The molecule has 1 N–H and O–H groups in total. The monoisotopic (exact) mass is 344 g/mol. The lowest BCUT2D eigenvalue weighted by Gasteiger charge is -2.33. The zero-order valence-electron chi connectivity index (χ0n) is 15.1. The molecule has 6 nitrogen and oxygen atoms in total. The summed E-state index contributed by atoms with van der Waals surface area (Å²) in [5.41, 5.74) is 0.875. The molecule has 136 valence electrons. The molecule has 1 aliphatic carbocycles. The molecule has 0 spiro atoms. The number of aromatic nitrogens is 1. The van der Waals surface area contributed by atoms with Crippen LogP contribution in [0.25, 0.3) is 0 Å². The van der Waals surface area contributed by atoms with Gasteiger partial charge in [0, 0.05) is 25.3 Å². The number of hydrogen-bond donors (Lipinski definition) is 1. The summed E-state index contributed by atoms with van der Waals surface area (Å²) in [6.07, 6.45) is 7.06. The summed E-state index contributed by atoms with van der Waals surface area (Å²) in [7, 11) is 0. The van der Waals surface area contributed by atoms with Crippen LogP contribution in [0, 0.1) is 0 Å². The van der Waals surface area contributed by atoms with Gasteiger partial charge in [0.2, 0.25) is 5.91 Å². The summed E-state index contributed by atoms with van der Waals surface area (Å²) in [4.78, 5) is 33.5. The Labute approximate surface area is 149 Å². The lowest BCUT2D eigenvalue weighted by Crippen LogP contribution is -2.52. The van der Waals surface area contributed by atoms with Crippen molar-refractivity contribution in [1.29, 1.82) is 0 Å². The maximum atomic E-state index is 12.9. The van der Waals surface area contributed by atoms with E-state index in [1.165, 1.54) is 6.42 Å². The molecule has 2 aliphatic rings. The molecule has 0 aromatic carbocycles. The molecule has 1 aliphatic heterocycles. The van der Waals surface area contributed by atoms with E-state index in [1.807, 2.05) is 34.9 Å². The first-order valence-corrected chi connectivity index (χ1v) is 9.36. The smallest absolute Gasteiger partial charge is 0.318 e. The molecule has 6 heteroatoms. The number of likely N-dealkylation sites (tertiary alicyclic amines) is 1. The zero-order chi connectivity index (χ0) is 17.8. The van der Waals surface area contributed by atoms with Crippen LogP contribution in [0.1, 0.15) is 57.7 Å². The van der Waals surface area contributed by atoms with Crippen LogP contribution in [0.4, 0.5) is 4.79 Å². The highest BCUT2D eigenvalue weighted by molar-refractivity contribution is 5.87. The van der Waals surface area contributed by atoms with Gasteiger partial charge in [-0.15, -0.1) is 0 Å². The highest BCUT2D eigenvalue weighted by atomic mass is 16.2. The Balaban J connectivity index is 1.63. The van der Waals surface area contributed by atoms with Crippen LogP contribution in [0.3, 0.4) is 0 Å². The number of pyridine rings is 1. The van der Waals surface area contributed by atoms with E-state index in [0.717, 1.165) is 44.5 Å². The van der Waals surface area contributed by atoms with E-state index in [1.54, 1.807) is 13.1 Å². The average Bonchev–Trinajstić information content (AvgIpc) is 3.47. The molecule has 1 saturated heterocycles. The third-order valence-corrected chi connectivity index (χ3v) is 5.09. The second kappa shape index (κ2) is 7.85. The number of carbonyl (C=O) groups is 2. The van der Waals surface area contributed by atoms with Crippen molar-refractivity contribution in [1.82, 2.24) is 20.1 Å². The fourth-order valence-electron chi connectivity index (χ4n) is 3.49. The van der Waals surface area contributed by atoms with Crippen molar-refractivity contribution in [3.8, 4) is 0 Å². The van der Waals surface area contributed by atoms with Crippen molar-refractivity contribution in [3.63, 3.8) is 0 Å². The lowest BCUT2D eigenvalue weighted by atomic mass is 10.1. The van der Waals surface area contributed by atoms with Crippen molar-refractivity contribution in [2.45, 2.75) is 64.1 Å². The van der Waals surface area contributed by atoms with Gasteiger partial charge in [-0.25, -0.2) is 4.79 Å². The minimum absolute atomic E-state index is 0.0225. The fourth-order valence-corrected chi connectivity index (χ4v) is 3.49. The Bertz CT molecular complexity index is 597. The van der Waals surface area contributed by atoms with E-state index in [2.05, 4.69) is 10.3 Å². The summed E-state index contributed by atoms with van der Waals surface area (Å²) in [6.45, 7) is 5.38. The summed E-state index contributed by atoms with van der Waals surface area (Å²) in [5.74, 6) is 0.0225. The molecule has 3 amide bonds. The van der Waals surface area contributed by atoms with Crippen LogP contribution in [0.5, 0.6) is 0 Å². The zero-order valence-corrected chi connectivity index (χ0v) is 15.1. The largest absolute Gasteiger partial charge is 0.341 e. The molecule has 1 aromatic heterocycles. The third-order valence-electron chi connectivity index (χ3n) is 5.09. The number of piperidine rings is 1. The SMILES string of the molecule is C[C@H](NC(=O)N(C1CC1)[C@@H](C)c1ccccn1)C(=O)N1CCCCC1. The molecule has 2 atom stereocenters. The van der Waals surface area contributed by atoms with E-state index in [-0.39, 0.29) is 24.0 Å². The number of rotatable bonds is 5. The Morgan fingerprint density at radius 2 is 1.92 bits per heavy atom. The second-order valence-corrected chi connectivity index (χ2v) is 7.13. The highest BCUT2D eigenvalue weighted by Crippen LogP contribution is 2.33. The molecular weight excluding hydrogens is 316 g/mol. The maximum Gasteiger partial charge on any atom is 0.318 e. The topological polar surface area (TPSA) is 65.5 Å². The van der Waals surface area contributed by atoms with Crippen molar-refractivity contribution < 1.29 is 9.59 Å². The molecule has 3 rings (SSSR count). The van der Waals surface area contributed by atoms with E-state index in [9.17, 15) is 9.59 Å². The number of urea groups is 1. The van der Waals surface area contributed by atoms with Crippen LogP contribution in [-0.2, 0) is 4.79 Å². The summed E-state index contributed by atoms with van der Waals surface area (Å²) in [5, 5.41) is 2.92. The van der Waals surface area contributed by atoms with Gasteiger partial charge in [0.25, 0.3) is 0 Å². The molecule has 0 radical (unpaired) electrons. The van der Waals surface area contributed by atoms with Crippen LogP contribution < -0.4 is 5.32 Å². The van der Waals surface area contributed by atoms with Gasteiger partial charge in [0.05, 0.1) is 11.7 Å². The van der Waals surface area contributed by atoms with Crippen molar-refractivity contribution >= 4 is 11.9 Å². The minimum atomic E-state index is -0.497. The Kier molecular flexibility index (Phi) is 5.56. The van der Waals surface area contributed by atoms with Crippen LogP contribution in [0.2, 0.25) is 0 Å². The molecule has 2 fully saturated rings. The van der Waals surface area contributed by atoms with Gasteiger partial charge in [0.1, 0.15) is 6.04 Å². The number of amides is 3. The molecule has 1 saturated carbocycles. The van der Waals surface area contributed by atoms with Gasteiger partial charge in [-0.1, -0.05) is 6.07 Å². The van der Waals surface area contributed by atoms with Crippen molar-refractivity contribution in [2.24, 2.45) is 0 Å². The van der Waals surface area contributed by atoms with Gasteiger partial charge in [-0.05, 0) is 58.1 Å². The first kappa shape index (κ1) is 17.7. The number of nitrogens with zero attached hydrogens (tertiary/aromatic N) is 3. The standard InChI is InChI=1S/C19H28N4O2/c1-14(18(24)22-12-6-3-7-13-22)21-19(25)23(16-9-10-16)15(2)17-8-4-5-11-20-17/h4-5,8,11,14-16H,3,6-7,9-10,12-13H2,1-2H3,(H,21,25)/t14-,15-/m0/s1. The highest BCUT2D eigenvalue weighted by Gasteiger charge is 2.38. The van der Waals surface area contributed by atoms with Crippen molar-refractivity contribution in [2.75, 3.05) is 13.1 Å². The van der Waals surface area contributed by atoms with Crippen LogP contribution in [-0.4, -0.2) is 51.9 Å². The molecule has 25 heavy (non-hydrogen) atoms. The minimum Gasteiger partial charge on any atom is -0.341 e. The Hall–Kier alpha value is -2.11. The normalized spacial score (nSPS) is 19.8. The molecule has 0 bridgehead atoms. The van der Waals surface area contributed by atoms with E-state index in [0.29, 0.717) is 0 Å². The first-order chi connectivity index (χ1) is 12.1. The van der Waals surface area contributed by atoms with Gasteiger partial charge in [-0.3, -0.25) is 9.78 Å². The number of hydrogen-bond acceptors (Lipinski definition) is 3. The predicted molar refractivity (Wildman–Crippen MR) is 95.9 cm³/mol. The molecule has 1 aromatic rings. The fraction of sp³-hybridized carbons (Fsp3) is 0.632. The van der Waals surface area contributed by atoms with Crippen molar-refractivity contribution in [3.05, 3.63) is 30.1 Å². The van der Waals surface area contributed by atoms with Gasteiger partial charge < -0.3 is 15.1 Å².